The van der Waals surface area contributed by atoms with Crippen molar-refractivity contribution in [3.8, 4) is 17.0 Å². The van der Waals surface area contributed by atoms with E-state index in [0.717, 1.165) is 4.90 Å². The number of fused-ring (bicyclic) bond motifs is 1. The lowest BCUT2D eigenvalue weighted by Crippen LogP contribution is -2.30. The maximum absolute atomic E-state index is 13.2. The lowest BCUT2D eigenvalue weighted by molar-refractivity contribution is -0.136. The lowest BCUT2D eigenvalue weighted by atomic mass is 10.1. The number of nitrogens with zero attached hydrogens (tertiary/aromatic N) is 3. The first kappa shape index (κ1) is 16.0. The maximum Gasteiger partial charge on any atom is 0.267 e. The van der Waals surface area contributed by atoms with Crippen LogP contribution >= 0.6 is 0 Å². The minimum Gasteiger partial charge on any atom is -0.334 e. The van der Waals surface area contributed by atoms with Gasteiger partial charge >= 0.3 is 0 Å². The Kier molecular flexibility index (Phi) is 3.55. The van der Waals surface area contributed by atoms with Gasteiger partial charge in [-0.1, -0.05) is 12.1 Å². The van der Waals surface area contributed by atoms with Crippen molar-refractivity contribution in [1.82, 2.24) is 9.78 Å². The summed E-state index contributed by atoms with van der Waals surface area (Å²) in [7, 11) is 1.56. The molecule has 1 aliphatic heterocycles. The van der Waals surface area contributed by atoms with Gasteiger partial charge in [-0.05, 0) is 36.4 Å². The summed E-state index contributed by atoms with van der Waals surface area (Å²) < 4.78 is 14.5. The average molecular weight is 353 g/mol. The first-order valence-electron chi connectivity index (χ1n) is 7.65. The molecule has 0 fully saturated rings. The maximum atomic E-state index is 13.2. The molecule has 0 spiro atoms. The summed E-state index contributed by atoms with van der Waals surface area (Å²) in [5, 5.41) is 13.6. The van der Waals surface area contributed by atoms with Crippen LogP contribution in [0.15, 0.2) is 48.5 Å². The Morgan fingerprint density at radius 2 is 1.58 bits per heavy atom. The Morgan fingerprint density at radius 3 is 2.12 bits per heavy atom. The molecule has 0 radical (unpaired) electrons. The topological polar surface area (TPSA) is 84.7 Å². The van der Waals surface area contributed by atoms with Crippen LogP contribution in [0.1, 0.15) is 20.7 Å². The van der Waals surface area contributed by atoms with Gasteiger partial charge < -0.3 is 4.89 Å². The van der Waals surface area contributed by atoms with Gasteiger partial charge in [0.15, 0.2) is 0 Å². The van der Waals surface area contributed by atoms with Crippen LogP contribution in [0.5, 0.6) is 5.75 Å². The van der Waals surface area contributed by atoms with Crippen molar-refractivity contribution in [2.45, 2.75) is 0 Å². The van der Waals surface area contributed by atoms with Crippen molar-refractivity contribution in [2.75, 3.05) is 4.90 Å². The predicted molar refractivity (Wildman–Crippen MR) is 89.4 cm³/mol. The molecular weight excluding hydrogens is 341 g/mol. The zero-order chi connectivity index (χ0) is 18.4. The van der Waals surface area contributed by atoms with Crippen molar-refractivity contribution >= 4 is 17.6 Å². The molecule has 4 rings (SSSR count). The number of benzene rings is 2. The molecule has 0 saturated carbocycles. The fraction of sp³-hybridized carbons (Fsp3) is 0.0556. The number of anilines is 1. The number of rotatable bonds is 3. The van der Waals surface area contributed by atoms with E-state index in [0.29, 0.717) is 11.3 Å². The number of hydrogen-bond donors (Lipinski definition) is 1. The van der Waals surface area contributed by atoms with E-state index in [4.69, 9.17) is 0 Å². The molecule has 0 saturated heterocycles. The third-order valence-electron chi connectivity index (χ3n) is 4.20. The zero-order valence-electron chi connectivity index (χ0n) is 13.5. The van der Waals surface area contributed by atoms with Crippen LogP contribution in [0.3, 0.4) is 0 Å². The van der Waals surface area contributed by atoms with Gasteiger partial charge in [-0.15, -0.1) is 5.10 Å². The highest BCUT2D eigenvalue weighted by Crippen LogP contribution is 2.40. The number of aryl methyl sites for hydroxylation is 1. The van der Waals surface area contributed by atoms with Crippen LogP contribution in [0, 0.1) is 5.82 Å². The second kappa shape index (κ2) is 5.78. The molecule has 0 atom stereocenters. The first-order valence-corrected chi connectivity index (χ1v) is 7.65. The van der Waals surface area contributed by atoms with Crippen LogP contribution in [0.25, 0.3) is 11.3 Å². The number of amides is 2. The van der Waals surface area contributed by atoms with Crippen LogP contribution in [-0.2, 0) is 7.05 Å². The highest BCUT2D eigenvalue weighted by molar-refractivity contribution is 6.34. The molecular formula is C18H12FN3O4. The standard InChI is InChI=1S/C18H12FN3O4/c1-21-14(10-6-8-11(19)9-7-10)15(26-25)16(20-21)22-17(23)12-4-2-3-5-13(12)18(22)24/h2-9,25H,1H3. The van der Waals surface area contributed by atoms with E-state index in [-0.39, 0.29) is 22.7 Å². The van der Waals surface area contributed by atoms with Crippen LogP contribution in [0.4, 0.5) is 10.2 Å². The number of hydrogen-bond acceptors (Lipinski definition) is 5. The smallest absolute Gasteiger partial charge is 0.267 e. The zero-order valence-corrected chi connectivity index (χ0v) is 13.5. The third-order valence-corrected chi connectivity index (χ3v) is 4.20. The Morgan fingerprint density at radius 1 is 1.00 bits per heavy atom. The van der Waals surface area contributed by atoms with Crippen molar-refractivity contribution < 1.29 is 24.1 Å². The average Bonchev–Trinajstić information content (AvgIpc) is 3.10. The van der Waals surface area contributed by atoms with E-state index in [1.807, 2.05) is 0 Å². The summed E-state index contributed by atoms with van der Waals surface area (Å²) in [4.78, 5) is 30.6. The Labute approximate surface area is 146 Å². The SMILES string of the molecule is Cn1nc(N2C(=O)c3ccccc3C2=O)c(OO)c1-c1ccc(F)cc1. The molecule has 1 N–H and O–H groups in total. The van der Waals surface area contributed by atoms with Gasteiger partial charge in [-0.25, -0.2) is 14.5 Å². The molecule has 8 heteroatoms. The number of aromatic nitrogens is 2. The second-order valence-electron chi connectivity index (χ2n) is 5.71. The van der Waals surface area contributed by atoms with Crippen molar-refractivity contribution in [3.63, 3.8) is 0 Å². The minimum atomic E-state index is -0.562. The highest BCUT2D eigenvalue weighted by Gasteiger charge is 2.40. The predicted octanol–water partition coefficient (Wildman–Crippen LogP) is 2.88. The van der Waals surface area contributed by atoms with E-state index in [2.05, 4.69) is 9.99 Å². The molecule has 0 unspecified atom stereocenters. The van der Waals surface area contributed by atoms with Gasteiger partial charge in [-0.3, -0.25) is 14.3 Å². The number of imide groups is 1. The largest absolute Gasteiger partial charge is 0.334 e. The van der Waals surface area contributed by atoms with Gasteiger partial charge in [0.25, 0.3) is 11.8 Å². The van der Waals surface area contributed by atoms with Gasteiger partial charge in [0, 0.05) is 12.6 Å². The van der Waals surface area contributed by atoms with Crippen LogP contribution in [0.2, 0.25) is 0 Å². The quantitative estimate of drug-likeness (QED) is 0.445. The van der Waals surface area contributed by atoms with Gasteiger partial charge in [-0.2, -0.15) is 0 Å². The molecule has 1 aliphatic rings. The molecule has 130 valence electrons. The summed E-state index contributed by atoms with van der Waals surface area (Å²) in [6.07, 6.45) is 0. The molecule has 2 heterocycles. The molecule has 2 aromatic carbocycles. The fourth-order valence-electron chi connectivity index (χ4n) is 3.03. The van der Waals surface area contributed by atoms with E-state index in [1.54, 1.807) is 31.3 Å². The second-order valence-corrected chi connectivity index (χ2v) is 5.71. The summed E-state index contributed by atoms with van der Waals surface area (Å²) in [5.41, 5.74) is 1.28. The number of halogens is 1. The number of carbonyl (C=O) groups excluding carboxylic acids is 2. The van der Waals surface area contributed by atoms with Crippen molar-refractivity contribution in [1.29, 1.82) is 0 Å². The number of carbonyl (C=O) groups is 2. The third kappa shape index (κ3) is 2.20. The van der Waals surface area contributed by atoms with Gasteiger partial charge in [0.1, 0.15) is 11.5 Å². The van der Waals surface area contributed by atoms with Gasteiger partial charge in [0.05, 0.1) is 11.1 Å². The van der Waals surface area contributed by atoms with Crippen LogP contribution < -0.4 is 9.79 Å². The Hall–Kier alpha value is -3.52. The van der Waals surface area contributed by atoms with E-state index < -0.39 is 17.6 Å². The summed E-state index contributed by atoms with van der Waals surface area (Å²) in [5.74, 6) is -1.86. The van der Waals surface area contributed by atoms with Crippen molar-refractivity contribution in [2.24, 2.45) is 7.05 Å². The summed E-state index contributed by atoms with van der Waals surface area (Å²) in [6, 6.07) is 11.8. The molecule has 0 aliphatic carbocycles. The van der Waals surface area contributed by atoms with E-state index in [9.17, 15) is 19.2 Å². The van der Waals surface area contributed by atoms with E-state index in [1.165, 1.54) is 28.9 Å². The lowest BCUT2D eigenvalue weighted by Gasteiger charge is -2.11. The monoisotopic (exact) mass is 353 g/mol. The molecule has 2 amide bonds. The van der Waals surface area contributed by atoms with Crippen molar-refractivity contribution in [3.05, 3.63) is 65.5 Å². The van der Waals surface area contributed by atoms with Crippen LogP contribution in [-0.4, -0.2) is 26.9 Å². The van der Waals surface area contributed by atoms with Gasteiger partial charge in [0.2, 0.25) is 11.6 Å². The summed E-state index contributed by atoms with van der Waals surface area (Å²) in [6.45, 7) is 0. The normalized spacial score (nSPS) is 13.3. The summed E-state index contributed by atoms with van der Waals surface area (Å²) >= 11 is 0. The Bertz CT molecular complexity index is 1010. The molecule has 7 nitrogen and oxygen atoms in total. The molecule has 26 heavy (non-hydrogen) atoms. The Balaban J connectivity index is 1.87. The molecule has 3 aromatic rings. The molecule has 0 bridgehead atoms. The highest BCUT2D eigenvalue weighted by atomic mass is 19.1. The first-order chi connectivity index (χ1) is 12.5. The fourth-order valence-corrected chi connectivity index (χ4v) is 3.03. The molecule has 1 aromatic heterocycles. The minimum absolute atomic E-state index is 0.138. The van der Waals surface area contributed by atoms with E-state index >= 15 is 0 Å².